The first-order valence-electron chi connectivity index (χ1n) is 17.1. The van der Waals surface area contributed by atoms with Gasteiger partial charge in [0.1, 0.15) is 6.07 Å². The van der Waals surface area contributed by atoms with Gasteiger partial charge >= 0.3 is 0 Å². The lowest BCUT2D eigenvalue weighted by atomic mass is 9.68. The van der Waals surface area contributed by atoms with E-state index >= 15 is 4.39 Å². The Hall–Kier alpha value is -3.91. The Morgan fingerprint density at radius 3 is 2.22 bits per heavy atom. The lowest BCUT2D eigenvalue weighted by molar-refractivity contribution is -0.0385. The summed E-state index contributed by atoms with van der Waals surface area (Å²) in [7, 11) is 0. The van der Waals surface area contributed by atoms with Crippen LogP contribution in [0.1, 0.15) is 135 Å². The summed E-state index contributed by atoms with van der Waals surface area (Å²) >= 11 is 0. The molecule has 0 amide bonds. The van der Waals surface area contributed by atoms with E-state index in [4.69, 9.17) is 10.2 Å². The van der Waals surface area contributed by atoms with Gasteiger partial charge in [-0.2, -0.15) is 14.0 Å². The van der Waals surface area contributed by atoms with Gasteiger partial charge in [0.25, 0.3) is 5.92 Å². The second-order valence-electron chi connectivity index (χ2n) is 14.6. The first kappa shape index (κ1) is 34.9. The third-order valence-electron chi connectivity index (χ3n) is 10.4. The molecule has 3 aliphatic rings. The van der Waals surface area contributed by atoms with Gasteiger partial charge in [0.2, 0.25) is 11.9 Å². The molecule has 2 atom stereocenters. The van der Waals surface area contributed by atoms with E-state index in [2.05, 4.69) is 9.97 Å². The maximum atomic E-state index is 17.4. The highest BCUT2D eigenvalue weighted by molar-refractivity contribution is 5.51. The molecule has 2 aliphatic carbocycles. The molecule has 2 aromatic heterocycles. The first-order chi connectivity index (χ1) is 23.2. The van der Waals surface area contributed by atoms with Crippen LogP contribution in [-0.2, 0) is 12.3 Å². The van der Waals surface area contributed by atoms with Crippen molar-refractivity contribution >= 4 is 5.95 Å². The number of allylic oxidation sites excluding steroid dienone is 2. The number of alkyl halides is 5. The predicted octanol–water partition coefficient (Wildman–Crippen LogP) is 9.15. The quantitative estimate of drug-likeness (QED) is 0.198. The smallest absolute Gasteiger partial charge is 0.291 e. The minimum absolute atomic E-state index is 0.141. The molecule has 1 N–H and O–H groups in total. The number of rotatable bonds is 7. The van der Waals surface area contributed by atoms with Gasteiger partial charge in [-0.15, -0.1) is 0 Å². The van der Waals surface area contributed by atoms with Crippen LogP contribution in [0.25, 0.3) is 0 Å². The molecule has 1 aromatic carbocycles. The van der Waals surface area contributed by atoms with Crippen molar-refractivity contribution in [3.63, 3.8) is 0 Å². The highest BCUT2D eigenvalue weighted by atomic mass is 19.3. The second-order valence-corrected chi connectivity index (χ2v) is 14.6. The molecule has 0 bridgehead atoms. The molecule has 2 fully saturated rings. The van der Waals surface area contributed by atoms with Gasteiger partial charge in [-0.25, -0.2) is 23.1 Å². The Kier molecular flexibility index (Phi) is 9.57. The fourth-order valence-electron chi connectivity index (χ4n) is 7.95. The third kappa shape index (κ3) is 7.21. The Morgan fingerprint density at radius 2 is 1.63 bits per heavy atom. The summed E-state index contributed by atoms with van der Waals surface area (Å²) in [5.74, 6) is -6.15. The second kappa shape index (κ2) is 13.4. The van der Waals surface area contributed by atoms with Gasteiger partial charge in [0.05, 0.1) is 29.8 Å². The van der Waals surface area contributed by atoms with Crippen molar-refractivity contribution < 1.29 is 27.1 Å². The fourth-order valence-corrected chi connectivity index (χ4v) is 7.95. The van der Waals surface area contributed by atoms with Crippen LogP contribution in [-0.4, -0.2) is 39.1 Å². The number of hydrogen-bond donors (Lipinski definition) is 1. The van der Waals surface area contributed by atoms with Gasteiger partial charge in [0, 0.05) is 54.2 Å². The van der Waals surface area contributed by atoms with Crippen LogP contribution in [0.3, 0.4) is 0 Å². The van der Waals surface area contributed by atoms with Gasteiger partial charge in [-0.3, -0.25) is 4.98 Å². The number of aromatic nitrogens is 3. The minimum atomic E-state index is -3.22. The van der Waals surface area contributed by atoms with E-state index in [1.54, 1.807) is 0 Å². The van der Waals surface area contributed by atoms with Crippen molar-refractivity contribution in [3.8, 4) is 6.07 Å². The Labute approximate surface area is 284 Å². The molecule has 0 spiro atoms. The SMILES string of the molecule is C/C=C/C(F)(F)c1ccc(C(F)c2c(C3CCN(c4ncc(C#N)cn4)CC3)nc3c(c2C2CCC(F)(F)CC2)C(O)CC(C)(C)C3)cc1. The Balaban J connectivity index is 1.46. The Morgan fingerprint density at radius 1 is 1.00 bits per heavy atom. The molecule has 0 radical (unpaired) electrons. The molecular weight excluding hydrogens is 637 g/mol. The van der Waals surface area contributed by atoms with E-state index in [0.29, 0.717) is 72.8 Å². The molecule has 6 rings (SSSR count). The minimum Gasteiger partial charge on any atom is -0.388 e. The summed E-state index contributed by atoms with van der Waals surface area (Å²) in [6, 6.07) is 7.19. The predicted molar refractivity (Wildman–Crippen MR) is 176 cm³/mol. The monoisotopic (exact) mass is 679 g/mol. The molecule has 1 saturated carbocycles. The highest BCUT2D eigenvalue weighted by Gasteiger charge is 2.43. The molecular formula is C38H42F5N5O. The molecule has 1 saturated heterocycles. The first-order valence-corrected chi connectivity index (χ1v) is 17.1. The number of benzene rings is 1. The third-order valence-corrected chi connectivity index (χ3v) is 10.4. The zero-order valence-electron chi connectivity index (χ0n) is 28.1. The number of nitriles is 1. The van der Waals surface area contributed by atoms with E-state index in [1.807, 2.05) is 24.8 Å². The molecule has 3 aromatic rings. The van der Waals surface area contributed by atoms with Crippen molar-refractivity contribution in [1.82, 2.24) is 15.0 Å². The standard InChI is InChI=1S/C38H42F5N5O/c1-4-13-38(42,43)27-7-5-25(6-8-27)33(39)32-30(24-9-14-37(40,41)15-10-24)31-28(18-36(2,3)19-29(31)49)47-34(32)26-11-16-48(17-12-26)35-45-21-23(20-44)22-46-35/h4-8,13,21-22,24,26,29,33,49H,9-12,14-19H2,1-3H3/b13-4+. The van der Waals surface area contributed by atoms with Crippen LogP contribution < -0.4 is 4.90 Å². The average molecular weight is 680 g/mol. The van der Waals surface area contributed by atoms with Crippen LogP contribution >= 0.6 is 0 Å². The van der Waals surface area contributed by atoms with Gasteiger partial charge in [-0.05, 0) is 74.0 Å². The number of halogens is 5. The van der Waals surface area contributed by atoms with E-state index in [1.165, 1.54) is 49.7 Å². The van der Waals surface area contributed by atoms with E-state index in [9.17, 15) is 22.7 Å². The van der Waals surface area contributed by atoms with Crippen LogP contribution in [0.4, 0.5) is 27.9 Å². The topological polar surface area (TPSA) is 85.9 Å². The van der Waals surface area contributed by atoms with Crippen molar-refractivity contribution in [2.24, 2.45) is 5.41 Å². The fraction of sp³-hybridized carbons (Fsp3) is 0.526. The number of aliphatic hydroxyl groups is 1. The maximum absolute atomic E-state index is 17.4. The summed E-state index contributed by atoms with van der Waals surface area (Å²) in [6.07, 6.45) is 4.01. The van der Waals surface area contributed by atoms with Crippen LogP contribution in [0.5, 0.6) is 0 Å². The lowest BCUT2D eigenvalue weighted by Crippen LogP contribution is -2.36. The number of piperidine rings is 1. The largest absolute Gasteiger partial charge is 0.388 e. The summed E-state index contributed by atoms with van der Waals surface area (Å²) in [5, 5.41) is 20.8. The summed E-state index contributed by atoms with van der Waals surface area (Å²) in [4.78, 5) is 15.8. The molecule has 3 heterocycles. The number of pyridine rings is 1. The van der Waals surface area contributed by atoms with E-state index in [0.717, 1.165) is 6.08 Å². The highest BCUT2D eigenvalue weighted by Crippen LogP contribution is 2.52. The van der Waals surface area contributed by atoms with Crippen molar-refractivity contribution in [1.29, 1.82) is 5.26 Å². The molecule has 260 valence electrons. The number of anilines is 1. The summed E-state index contributed by atoms with van der Waals surface area (Å²) < 4.78 is 75.7. The van der Waals surface area contributed by atoms with Crippen LogP contribution in [0.15, 0.2) is 48.8 Å². The zero-order valence-corrected chi connectivity index (χ0v) is 28.1. The van der Waals surface area contributed by atoms with Crippen molar-refractivity contribution in [2.45, 2.75) is 108 Å². The van der Waals surface area contributed by atoms with E-state index < -0.39 is 30.0 Å². The van der Waals surface area contributed by atoms with Gasteiger partial charge < -0.3 is 10.0 Å². The molecule has 1 aliphatic heterocycles. The average Bonchev–Trinajstić information content (AvgIpc) is 3.07. The zero-order chi connectivity index (χ0) is 35.1. The number of fused-ring (bicyclic) bond motifs is 1. The summed E-state index contributed by atoms with van der Waals surface area (Å²) in [6.45, 7) is 6.69. The normalized spacial score (nSPS) is 22.1. The van der Waals surface area contributed by atoms with E-state index in [-0.39, 0.29) is 53.7 Å². The Bertz CT molecular complexity index is 1720. The molecule has 2 unspecified atom stereocenters. The molecule has 11 heteroatoms. The van der Waals surface area contributed by atoms with Crippen molar-refractivity contribution in [3.05, 3.63) is 93.6 Å². The van der Waals surface area contributed by atoms with Crippen LogP contribution in [0.2, 0.25) is 0 Å². The maximum Gasteiger partial charge on any atom is 0.291 e. The molecule has 6 nitrogen and oxygen atoms in total. The number of hydrogen-bond acceptors (Lipinski definition) is 6. The van der Waals surface area contributed by atoms with Gasteiger partial charge in [0.15, 0.2) is 6.17 Å². The number of aliphatic hydroxyl groups excluding tert-OH is 1. The van der Waals surface area contributed by atoms with Gasteiger partial charge in [-0.1, -0.05) is 44.2 Å². The van der Waals surface area contributed by atoms with Crippen molar-refractivity contribution in [2.75, 3.05) is 18.0 Å². The number of nitrogens with zero attached hydrogens (tertiary/aromatic N) is 5. The summed E-state index contributed by atoms with van der Waals surface area (Å²) in [5.41, 5.74) is 2.61. The lowest BCUT2D eigenvalue weighted by Gasteiger charge is -2.41. The van der Waals surface area contributed by atoms with Crippen LogP contribution in [0, 0.1) is 16.7 Å². The molecule has 49 heavy (non-hydrogen) atoms.